The molecule has 0 amide bonds. The van der Waals surface area contributed by atoms with Crippen LogP contribution in [-0.4, -0.2) is 48.0 Å². The third-order valence-electron chi connectivity index (χ3n) is 5.23. The Bertz CT molecular complexity index is 1150. The summed E-state index contributed by atoms with van der Waals surface area (Å²) in [5, 5.41) is 15.6. The fourth-order valence-electron chi connectivity index (χ4n) is 3.73. The number of nitrogens with zero attached hydrogens (tertiary/aromatic N) is 3. The Morgan fingerprint density at radius 2 is 2.10 bits per heavy atom. The van der Waals surface area contributed by atoms with Crippen LogP contribution in [0.25, 0.3) is 10.9 Å². The molecule has 1 aliphatic rings. The number of aryl methyl sites for hydroxylation is 2. The average molecular weight is 406 g/mol. The molecule has 0 radical (unpaired) electrons. The zero-order valence-corrected chi connectivity index (χ0v) is 17.3. The molecule has 2 N–H and O–H groups in total. The van der Waals surface area contributed by atoms with Gasteiger partial charge in [-0.2, -0.15) is 5.10 Å². The molecule has 0 saturated carbocycles. The minimum Gasteiger partial charge on any atom is -0.506 e. The van der Waals surface area contributed by atoms with Crippen molar-refractivity contribution in [2.24, 2.45) is 5.10 Å². The molecule has 0 fully saturated rings. The van der Waals surface area contributed by atoms with Gasteiger partial charge in [0, 0.05) is 24.5 Å². The third kappa shape index (κ3) is 4.02. The predicted octanol–water partition coefficient (Wildman–Crippen LogP) is 3.04. The Morgan fingerprint density at radius 3 is 2.93 bits per heavy atom. The number of rotatable bonds is 7. The van der Waals surface area contributed by atoms with Crippen molar-refractivity contribution in [1.82, 2.24) is 9.47 Å². The van der Waals surface area contributed by atoms with Crippen molar-refractivity contribution in [2.75, 3.05) is 32.7 Å². The van der Waals surface area contributed by atoms with Crippen molar-refractivity contribution < 1.29 is 9.84 Å². The summed E-state index contributed by atoms with van der Waals surface area (Å²) < 4.78 is 7.47. The van der Waals surface area contributed by atoms with Crippen molar-refractivity contribution in [1.29, 1.82) is 0 Å². The van der Waals surface area contributed by atoms with Crippen LogP contribution in [0.2, 0.25) is 0 Å². The van der Waals surface area contributed by atoms with E-state index in [9.17, 15) is 9.90 Å². The Hall–Kier alpha value is -3.32. The number of para-hydroxylation sites is 1. The highest BCUT2D eigenvalue weighted by Gasteiger charge is 2.19. The van der Waals surface area contributed by atoms with Crippen LogP contribution < -0.4 is 15.7 Å². The van der Waals surface area contributed by atoms with Gasteiger partial charge in [0.15, 0.2) is 0 Å². The van der Waals surface area contributed by atoms with E-state index in [1.807, 2.05) is 56.6 Å². The molecule has 0 bridgehead atoms. The van der Waals surface area contributed by atoms with E-state index in [4.69, 9.17) is 4.74 Å². The molecule has 0 saturated heterocycles. The van der Waals surface area contributed by atoms with Crippen LogP contribution in [0.4, 0.5) is 5.69 Å². The van der Waals surface area contributed by atoms with Crippen LogP contribution in [0.15, 0.2) is 52.4 Å². The van der Waals surface area contributed by atoms with Crippen LogP contribution in [-0.2, 0) is 13.0 Å². The first-order chi connectivity index (χ1) is 14.5. The maximum atomic E-state index is 13.0. The number of ether oxygens (including phenoxy) is 1. The molecule has 1 aromatic heterocycles. The molecular formula is C23H26N4O3. The lowest BCUT2D eigenvalue weighted by Crippen LogP contribution is -2.27. The van der Waals surface area contributed by atoms with Gasteiger partial charge in [0.2, 0.25) is 0 Å². The number of anilines is 1. The first-order valence-corrected chi connectivity index (χ1v) is 10.1. The molecule has 7 heteroatoms. The maximum absolute atomic E-state index is 13.0. The molecular weight excluding hydrogens is 380 g/mol. The number of nitrogens with one attached hydrogen (secondary N) is 1. The summed E-state index contributed by atoms with van der Waals surface area (Å²) in [6.45, 7) is 2.06. The lowest BCUT2D eigenvalue weighted by atomic mass is 9.99. The quantitative estimate of drug-likeness (QED) is 0.466. The SMILES string of the molecule is CN(C)CCOc1cccc(N/N=C/c2c(O)c3cccc4c3n(c2=O)CCC4)c1. The zero-order valence-electron chi connectivity index (χ0n) is 17.3. The molecule has 0 unspecified atom stereocenters. The Morgan fingerprint density at radius 1 is 1.27 bits per heavy atom. The van der Waals surface area contributed by atoms with Gasteiger partial charge in [0.05, 0.1) is 17.4 Å². The highest BCUT2D eigenvalue weighted by Crippen LogP contribution is 2.31. The van der Waals surface area contributed by atoms with E-state index >= 15 is 0 Å². The fourth-order valence-corrected chi connectivity index (χ4v) is 3.73. The van der Waals surface area contributed by atoms with Gasteiger partial charge in [-0.05, 0) is 50.7 Å². The second kappa shape index (κ2) is 8.59. The molecule has 0 atom stereocenters. The first kappa shape index (κ1) is 20.0. The molecule has 0 aliphatic carbocycles. The zero-order chi connectivity index (χ0) is 21.1. The lowest BCUT2D eigenvalue weighted by Gasteiger charge is -2.20. The Kier molecular flexibility index (Phi) is 5.72. The summed E-state index contributed by atoms with van der Waals surface area (Å²) in [4.78, 5) is 15.0. The van der Waals surface area contributed by atoms with Gasteiger partial charge in [-0.25, -0.2) is 0 Å². The van der Waals surface area contributed by atoms with Crippen LogP contribution in [0.1, 0.15) is 17.5 Å². The molecule has 1 aliphatic heterocycles. The minimum atomic E-state index is -0.224. The summed E-state index contributed by atoms with van der Waals surface area (Å²) >= 11 is 0. The third-order valence-corrected chi connectivity index (χ3v) is 5.23. The number of aromatic nitrogens is 1. The maximum Gasteiger partial charge on any atom is 0.263 e. The monoisotopic (exact) mass is 406 g/mol. The normalized spacial score (nSPS) is 13.3. The van der Waals surface area contributed by atoms with Crippen LogP contribution in [0, 0.1) is 0 Å². The van der Waals surface area contributed by atoms with E-state index in [1.54, 1.807) is 4.57 Å². The number of likely N-dealkylation sites (N-methyl/N-ethyl adjacent to an activating group) is 1. The summed E-state index contributed by atoms with van der Waals surface area (Å²) in [5.41, 5.74) is 5.54. The van der Waals surface area contributed by atoms with Gasteiger partial charge in [-0.15, -0.1) is 0 Å². The summed E-state index contributed by atoms with van der Waals surface area (Å²) in [6.07, 6.45) is 3.21. The molecule has 2 heterocycles. The van der Waals surface area contributed by atoms with E-state index < -0.39 is 0 Å². The van der Waals surface area contributed by atoms with Crippen LogP contribution in [0.3, 0.4) is 0 Å². The first-order valence-electron chi connectivity index (χ1n) is 10.1. The second-order valence-corrected chi connectivity index (χ2v) is 7.69. The summed E-state index contributed by atoms with van der Waals surface area (Å²) in [5.74, 6) is 0.712. The standard InChI is InChI=1S/C23H26N4O3/c1-26(2)12-13-30-18-9-4-8-17(14-18)25-24-15-20-22(28)19-10-3-6-16-7-5-11-27(21(16)19)23(20)29/h3-4,6,8-10,14-15,25,28H,5,7,11-13H2,1-2H3/b24-15+. The summed E-state index contributed by atoms with van der Waals surface area (Å²) in [7, 11) is 3.99. The van der Waals surface area contributed by atoms with Crippen LogP contribution in [0.5, 0.6) is 11.5 Å². The topological polar surface area (TPSA) is 79.1 Å². The van der Waals surface area contributed by atoms with E-state index in [1.165, 1.54) is 6.21 Å². The van der Waals surface area contributed by atoms with Gasteiger partial charge in [-0.1, -0.05) is 18.2 Å². The van der Waals surface area contributed by atoms with Gasteiger partial charge in [0.1, 0.15) is 23.7 Å². The smallest absolute Gasteiger partial charge is 0.263 e. The Balaban J connectivity index is 1.56. The van der Waals surface area contributed by atoms with Crippen LogP contribution >= 0.6 is 0 Å². The van der Waals surface area contributed by atoms with E-state index in [0.717, 1.165) is 41.9 Å². The molecule has 4 rings (SSSR count). The molecule has 30 heavy (non-hydrogen) atoms. The minimum absolute atomic E-state index is 0.0266. The van der Waals surface area contributed by atoms with Gasteiger partial charge in [-0.3, -0.25) is 10.2 Å². The average Bonchev–Trinajstić information content (AvgIpc) is 2.74. The number of hydrazone groups is 1. The second-order valence-electron chi connectivity index (χ2n) is 7.69. The summed E-state index contributed by atoms with van der Waals surface area (Å²) in [6, 6.07) is 13.2. The van der Waals surface area contributed by atoms with E-state index in [2.05, 4.69) is 15.4 Å². The number of hydrogen-bond acceptors (Lipinski definition) is 6. The highest BCUT2D eigenvalue weighted by atomic mass is 16.5. The molecule has 7 nitrogen and oxygen atoms in total. The number of pyridine rings is 1. The Labute approximate surface area is 175 Å². The number of hydrogen-bond donors (Lipinski definition) is 2. The van der Waals surface area contributed by atoms with Gasteiger partial charge < -0.3 is 19.3 Å². The molecule has 156 valence electrons. The van der Waals surface area contributed by atoms with Crippen molar-refractivity contribution in [3.63, 3.8) is 0 Å². The van der Waals surface area contributed by atoms with E-state index in [-0.39, 0.29) is 16.9 Å². The lowest BCUT2D eigenvalue weighted by molar-refractivity contribution is 0.261. The predicted molar refractivity (Wildman–Crippen MR) is 120 cm³/mol. The molecule has 0 spiro atoms. The van der Waals surface area contributed by atoms with Gasteiger partial charge >= 0.3 is 0 Å². The van der Waals surface area contributed by atoms with Crippen molar-refractivity contribution in [3.05, 3.63) is 63.9 Å². The highest BCUT2D eigenvalue weighted by molar-refractivity contribution is 5.96. The largest absolute Gasteiger partial charge is 0.506 e. The number of aromatic hydroxyl groups is 1. The molecule has 3 aromatic rings. The van der Waals surface area contributed by atoms with Crippen molar-refractivity contribution in [2.45, 2.75) is 19.4 Å². The van der Waals surface area contributed by atoms with Gasteiger partial charge in [0.25, 0.3) is 5.56 Å². The van der Waals surface area contributed by atoms with Crippen molar-refractivity contribution >= 4 is 22.8 Å². The van der Waals surface area contributed by atoms with Crippen molar-refractivity contribution in [3.8, 4) is 11.5 Å². The van der Waals surface area contributed by atoms with E-state index in [0.29, 0.717) is 18.5 Å². The number of benzene rings is 2. The molecule has 2 aromatic carbocycles. The fraction of sp³-hybridized carbons (Fsp3) is 0.304.